The van der Waals surface area contributed by atoms with E-state index in [0.717, 1.165) is 26.7 Å². The van der Waals surface area contributed by atoms with Gasteiger partial charge in [-0.1, -0.05) is 34.1 Å². The number of rotatable bonds is 3. The van der Waals surface area contributed by atoms with Gasteiger partial charge in [0.15, 0.2) is 5.78 Å². The predicted octanol–water partition coefficient (Wildman–Crippen LogP) is 4.86. The molecule has 3 heteroatoms. The summed E-state index contributed by atoms with van der Waals surface area (Å²) < 4.78 is 0.927. The molecule has 2 rings (SSSR count). The van der Waals surface area contributed by atoms with Gasteiger partial charge in [0, 0.05) is 10.0 Å². The molecule has 1 unspecified atom stereocenters. The second kappa shape index (κ2) is 6.24. The van der Waals surface area contributed by atoms with Crippen molar-refractivity contribution < 1.29 is 4.79 Å². The Labute approximate surface area is 133 Å². The second-order valence-corrected chi connectivity index (χ2v) is 6.14. The highest BCUT2D eigenvalue weighted by molar-refractivity contribution is 9.10. The number of carbonyl (C=O) groups excluding carboxylic acids is 1. The Balaban J connectivity index is 2.43. The number of benzene rings is 2. The molecule has 0 aliphatic carbocycles. The summed E-state index contributed by atoms with van der Waals surface area (Å²) in [6.45, 7) is 5.89. The normalized spacial score (nSPS) is 11.8. The lowest BCUT2D eigenvalue weighted by atomic mass is 9.88. The molecule has 0 aromatic heterocycles. The predicted molar refractivity (Wildman–Crippen MR) is 87.5 cm³/mol. The SMILES string of the molecule is Cc1ccc(C(C#N)C(=O)c2ccc(Br)cc2C)cc1C. The third-order valence-electron chi connectivity index (χ3n) is 3.71. The van der Waals surface area contributed by atoms with Crippen LogP contribution < -0.4 is 0 Å². The molecule has 106 valence electrons. The minimum atomic E-state index is -0.760. The van der Waals surface area contributed by atoms with Gasteiger partial charge in [0.2, 0.25) is 0 Å². The maximum Gasteiger partial charge on any atom is 0.184 e. The molecule has 0 amide bonds. The van der Waals surface area contributed by atoms with E-state index in [2.05, 4.69) is 22.0 Å². The lowest BCUT2D eigenvalue weighted by Crippen LogP contribution is -2.13. The van der Waals surface area contributed by atoms with E-state index in [1.165, 1.54) is 0 Å². The molecular weight excluding hydrogens is 326 g/mol. The van der Waals surface area contributed by atoms with Crippen LogP contribution in [0.3, 0.4) is 0 Å². The summed E-state index contributed by atoms with van der Waals surface area (Å²) >= 11 is 3.39. The molecule has 0 heterocycles. The summed E-state index contributed by atoms with van der Waals surface area (Å²) in [6, 6.07) is 13.4. The van der Waals surface area contributed by atoms with Crippen LogP contribution in [0.2, 0.25) is 0 Å². The molecule has 0 radical (unpaired) electrons. The molecule has 0 fully saturated rings. The lowest BCUT2D eigenvalue weighted by Gasteiger charge is -2.12. The first-order chi connectivity index (χ1) is 9.93. The minimum Gasteiger partial charge on any atom is -0.292 e. The Morgan fingerprint density at radius 1 is 1.05 bits per heavy atom. The van der Waals surface area contributed by atoms with Crippen molar-refractivity contribution in [1.82, 2.24) is 0 Å². The van der Waals surface area contributed by atoms with Crippen molar-refractivity contribution in [2.75, 3.05) is 0 Å². The largest absolute Gasteiger partial charge is 0.292 e. The Kier molecular flexibility index (Phi) is 4.59. The van der Waals surface area contributed by atoms with Gasteiger partial charge in [-0.05, 0) is 61.2 Å². The highest BCUT2D eigenvalue weighted by Crippen LogP contribution is 2.25. The molecule has 2 aromatic carbocycles. The van der Waals surface area contributed by atoms with Gasteiger partial charge >= 0.3 is 0 Å². The maximum atomic E-state index is 12.7. The molecule has 21 heavy (non-hydrogen) atoms. The van der Waals surface area contributed by atoms with Crippen molar-refractivity contribution in [3.8, 4) is 6.07 Å². The fourth-order valence-electron chi connectivity index (χ4n) is 2.29. The highest BCUT2D eigenvalue weighted by atomic mass is 79.9. The smallest absolute Gasteiger partial charge is 0.184 e. The van der Waals surface area contributed by atoms with Crippen molar-refractivity contribution >= 4 is 21.7 Å². The molecule has 0 aliphatic heterocycles. The van der Waals surface area contributed by atoms with Crippen LogP contribution in [0.4, 0.5) is 0 Å². The fraction of sp³-hybridized carbons (Fsp3) is 0.222. The van der Waals surface area contributed by atoms with Gasteiger partial charge in [0.05, 0.1) is 6.07 Å². The fourth-order valence-corrected chi connectivity index (χ4v) is 2.76. The lowest BCUT2D eigenvalue weighted by molar-refractivity contribution is 0.0978. The van der Waals surface area contributed by atoms with Gasteiger partial charge < -0.3 is 0 Å². The van der Waals surface area contributed by atoms with Crippen LogP contribution in [0.15, 0.2) is 40.9 Å². The zero-order valence-electron chi connectivity index (χ0n) is 12.3. The average molecular weight is 342 g/mol. The first-order valence-electron chi connectivity index (χ1n) is 6.71. The van der Waals surface area contributed by atoms with E-state index in [4.69, 9.17) is 0 Å². The Morgan fingerprint density at radius 3 is 2.33 bits per heavy atom. The summed E-state index contributed by atoms with van der Waals surface area (Å²) in [7, 11) is 0. The van der Waals surface area contributed by atoms with E-state index in [1.807, 2.05) is 51.1 Å². The molecule has 0 saturated carbocycles. The van der Waals surface area contributed by atoms with Crippen LogP contribution in [0.1, 0.15) is 38.5 Å². The van der Waals surface area contributed by atoms with Gasteiger partial charge in [-0.15, -0.1) is 0 Å². The topological polar surface area (TPSA) is 40.9 Å². The molecular formula is C18H16BrNO. The minimum absolute atomic E-state index is 0.147. The van der Waals surface area contributed by atoms with Gasteiger partial charge in [-0.25, -0.2) is 0 Å². The van der Waals surface area contributed by atoms with E-state index in [-0.39, 0.29) is 5.78 Å². The number of hydrogen-bond acceptors (Lipinski definition) is 2. The second-order valence-electron chi connectivity index (χ2n) is 5.23. The van der Waals surface area contributed by atoms with E-state index >= 15 is 0 Å². The van der Waals surface area contributed by atoms with E-state index in [0.29, 0.717) is 5.56 Å². The molecule has 0 saturated heterocycles. The zero-order valence-corrected chi connectivity index (χ0v) is 13.9. The van der Waals surface area contributed by atoms with Crippen LogP contribution in [0.5, 0.6) is 0 Å². The van der Waals surface area contributed by atoms with Crippen molar-refractivity contribution in [1.29, 1.82) is 5.26 Å². The van der Waals surface area contributed by atoms with Crippen LogP contribution in [-0.4, -0.2) is 5.78 Å². The van der Waals surface area contributed by atoms with Gasteiger partial charge in [-0.3, -0.25) is 4.79 Å². The monoisotopic (exact) mass is 341 g/mol. The first-order valence-corrected chi connectivity index (χ1v) is 7.50. The van der Waals surface area contributed by atoms with Crippen LogP contribution in [-0.2, 0) is 0 Å². The molecule has 1 atom stereocenters. The first kappa shape index (κ1) is 15.5. The van der Waals surface area contributed by atoms with Crippen molar-refractivity contribution in [3.63, 3.8) is 0 Å². The number of hydrogen-bond donors (Lipinski definition) is 0. The standard InChI is InChI=1S/C18H16BrNO/c1-11-4-5-14(8-12(11)2)17(10-20)18(21)16-7-6-15(19)9-13(16)3/h4-9,17H,1-3H3. The third-order valence-corrected chi connectivity index (χ3v) is 4.20. The Hall–Kier alpha value is -1.92. The summed E-state index contributed by atoms with van der Waals surface area (Å²) in [5.41, 5.74) is 4.48. The van der Waals surface area contributed by atoms with Crippen molar-refractivity contribution in [2.24, 2.45) is 0 Å². The summed E-state index contributed by atoms with van der Waals surface area (Å²) in [6.07, 6.45) is 0. The van der Waals surface area contributed by atoms with Crippen LogP contribution in [0, 0.1) is 32.1 Å². The molecule has 0 aliphatic rings. The van der Waals surface area contributed by atoms with Crippen molar-refractivity contribution in [3.05, 3.63) is 68.7 Å². The Bertz CT molecular complexity index is 743. The third kappa shape index (κ3) is 3.22. The number of nitrogens with zero attached hydrogens (tertiary/aromatic N) is 1. The molecule has 0 bridgehead atoms. The van der Waals surface area contributed by atoms with E-state index in [1.54, 1.807) is 6.07 Å². The number of nitriles is 1. The Morgan fingerprint density at radius 2 is 1.76 bits per heavy atom. The zero-order chi connectivity index (χ0) is 15.6. The average Bonchev–Trinajstić information content (AvgIpc) is 2.43. The number of Topliss-reactive ketones (excluding diaryl/α,β-unsaturated/α-hetero) is 1. The summed E-state index contributed by atoms with van der Waals surface area (Å²) in [5.74, 6) is -0.907. The van der Waals surface area contributed by atoms with E-state index in [9.17, 15) is 10.1 Å². The molecule has 0 spiro atoms. The quantitative estimate of drug-likeness (QED) is 0.747. The summed E-state index contributed by atoms with van der Waals surface area (Å²) in [4.78, 5) is 12.7. The number of aryl methyl sites for hydroxylation is 3. The van der Waals surface area contributed by atoms with Gasteiger partial charge in [0.1, 0.15) is 5.92 Å². The number of ketones is 1. The van der Waals surface area contributed by atoms with Gasteiger partial charge in [0.25, 0.3) is 0 Å². The number of halogens is 1. The van der Waals surface area contributed by atoms with Crippen LogP contribution >= 0.6 is 15.9 Å². The van der Waals surface area contributed by atoms with Crippen LogP contribution in [0.25, 0.3) is 0 Å². The van der Waals surface area contributed by atoms with Crippen molar-refractivity contribution in [2.45, 2.75) is 26.7 Å². The summed E-state index contributed by atoms with van der Waals surface area (Å²) in [5, 5.41) is 9.44. The maximum absolute atomic E-state index is 12.7. The highest BCUT2D eigenvalue weighted by Gasteiger charge is 2.23. The van der Waals surface area contributed by atoms with E-state index < -0.39 is 5.92 Å². The molecule has 2 aromatic rings. The number of carbonyl (C=O) groups is 1. The molecule has 0 N–H and O–H groups in total. The van der Waals surface area contributed by atoms with Gasteiger partial charge in [-0.2, -0.15) is 5.26 Å². The molecule has 2 nitrogen and oxygen atoms in total.